The van der Waals surface area contributed by atoms with E-state index in [1.54, 1.807) is 19.2 Å². The van der Waals surface area contributed by atoms with E-state index in [9.17, 15) is 9.18 Å². The van der Waals surface area contributed by atoms with Crippen LogP contribution in [0.3, 0.4) is 0 Å². The highest BCUT2D eigenvalue weighted by Gasteiger charge is 2.30. The Hall–Kier alpha value is -2.87. The zero-order valence-corrected chi connectivity index (χ0v) is 16.9. The van der Waals surface area contributed by atoms with Crippen LogP contribution >= 0.6 is 11.8 Å². The molecular weight excluding hydrogens is 391 g/mol. The fourth-order valence-corrected chi connectivity index (χ4v) is 3.94. The maximum atomic E-state index is 13.4. The number of hydrogen-bond donors (Lipinski definition) is 1. The van der Waals surface area contributed by atoms with Crippen LogP contribution in [-0.2, 0) is 11.8 Å². The average molecular weight is 412 g/mol. The molecule has 8 heteroatoms. The third-order valence-electron chi connectivity index (χ3n) is 4.74. The van der Waals surface area contributed by atoms with Gasteiger partial charge < -0.3 is 14.6 Å². The zero-order valence-electron chi connectivity index (χ0n) is 16.1. The van der Waals surface area contributed by atoms with Crippen LogP contribution < -0.4 is 10.1 Å². The molecule has 0 radical (unpaired) electrons. The van der Waals surface area contributed by atoms with Gasteiger partial charge in [0.25, 0.3) is 0 Å². The van der Waals surface area contributed by atoms with Crippen LogP contribution in [0.25, 0.3) is 11.4 Å². The fourth-order valence-electron chi connectivity index (χ4n) is 2.93. The van der Waals surface area contributed by atoms with Crippen LogP contribution in [-0.4, -0.2) is 33.8 Å². The summed E-state index contributed by atoms with van der Waals surface area (Å²) in [4.78, 5) is 12.8. The molecule has 1 N–H and O–H groups in total. The Morgan fingerprint density at radius 1 is 1.17 bits per heavy atom. The molecule has 1 unspecified atom stereocenters. The second-order valence-corrected chi connectivity index (χ2v) is 8.00. The predicted octanol–water partition coefficient (Wildman–Crippen LogP) is 3.74. The number of halogens is 1. The van der Waals surface area contributed by atoms with Crippen molar-refractivity contribution in [2.45, 2.75) is 29.3 Å². The lowest BCUT2D eigenvalue weighted by Gasteiger charge is -2.16. The van der Waals surface area contributed by atoms with Gasteiger partial charge in [0.05, 0.1) is 7.11 Å². The minimum atomic E-state index is -0.539. The van der Waals surface area contributed by atoms with E-state index in [0.717, 1.165) is 29.7 Å². The van der Waals surface area contributed by atoms with Crippen molar-refractivity contribution >= 4 is 17.7 Å². The molecule has 29 heavy (non-hydrogen) atoms. The van der Waals surface area contributed by atoms with Crippen LogP contribution in [0.15, 0.2) is 53.7 Å². The van der Waals surface area contributed by atoms with Crippen molar-refractivity contribution < 1.29 is 13.9 Å². The van der Waals surface area contributed by atoms with E-state index in [1.165, 1.54) is 23.9 Å². The Balaban J connectivity index is 1.60. The van der Waals surface area contributed by atoms with Gasteiger partial charge in [-0.1, -0.05) is 23.9 Å². The van der Waals surface area contributed by atoms with Crippen molar-refractivity contribution in [3.63, 3.8) is 0 Å². The molecule has 0 aliphatic heterocycles. The number of nitrogens with one attached hydrogen (secondary N) is 1. The Kier molecular flexibility index (Phi) is 5.53. The first-order chi connectivity index (χ1) is 14.0. The van der Waals surface area contributed by atoms with Crippen molar-refractivity contribution in [2.75, 3.05) is 7.11 Å². The molecule has 0 bridgehead atoms. The summed E-state index contributed by atoms with van der Waals surface area (Å²) in [5.74, 6) is 1.02. The topological polar surface area (TPSA) is 69.0 Å². The van der Waals surface area contributed by atoms with Gasteiger partial charge in [-0.05, 0) is 54.8 Å². The second-order valence-electron chi connectivity index (χ2n) is 6.93. The largest absolute Gasteiger partial charge is 0.497 e. The van der Waals surface area contributed by atoms with Crippen LogP contribution in [0.2, 0.25) is 0 Å². The molecule has 1 fully saturated rings. The van der Waals surface area contributed by atoms with Crippen LogP contribution in [0.4, 0.5) is 4.39 Å². The number of carbonyl (C=O) groups is 1. The SMILES string of the molecule is COc1ccc(-c2nnc(SC(C(=O)NC3CC3)c3ccc(F)cc3)n2C)cc1. The first-order valence-corrected chi connectivity index (χ1v) is 10.2. The molecule has 150 valence electrons. The first-order valence-electron chi connectivity index (χ1n) is 9.31. The smallest absolute Gasteiger partial charge is 0.238 e. The molecule has 6 nitrogen and oxygen atoms in total. The van der Waals surface area contributed by atoms with Gasteiger partial charge in [-0.2, -0.15) is 0 Å². The molecule has 2 aromatic carbocycles. The van der Waals surface area contributed by atoms with E-state index in [4.69, 9.17) is 4.74 Å². The highest BCUT2D eigenvalue weighted by molar-refractivity contribution is 8.00. The highest BCUT2D eigenvalue weighted by Crippen LogP contribution is 2.36. The zero-order chi connectivity index (χ0) is 20.4. The number of nitrogens with zero attached hydrogens (tertiary/aromatic N) is 3. The summed E-state index contributed by atoms with van der Waals surface area (Å²) in [5.41, 5.74) is 1.62. The Bertz CT molecular complexity index is 1000. The summed E-state index contributed by atoms with van der Waals surface area (Å²) in [5, 5.41) is 11.7. The van der Waals surface area contributed by atoms with Gasteiger partial charge in [0, 0.05) is 18.7 Å². The third kappa shape index (κ3) is 4.42. The molecule has 1 aliphatic rings. The summed E-state index contributed by atoms with van der Waals surface area (Å²) in [6.07, 6.45) is 2.00. The molecule has 1 heterocycles. The normalized spacial score (nSPS) is 14.4. The number of aromatic nitrogens is 3. The summed E-state index contributed by atoms with van der Waals surface area (Å²) in [7, 11) is 3.48. The standard InChI is InChI=1S/C21H21FN4O2S/c1-26-19(14-5-11-17(28-2)12-6-14)24-25-21(26)29-18(20(27)23-16-9-10-16)13-3-7-15(22)8-4-13/h3-8,11-12,16,18H,9-10H2,1-2H3,(H,23,27). The Labute approximate surface area is 172 Å². The minimum Gasteiger partial charge on any atom is -0.497 e. The predicted molar refractivity (Wildman–Crippen MR) is 109 cm³/mol. The van der Waals surface area contributed by atoms with Gasteiger partial charge in [0.2, 0.25) is 5.91 Å². The highest BCUT2D eigenvalue weighted by atomic mass is 32.2. The Morgan fingerprint density at radius 2 is 1.86 bits per heavy atom. The number of carbonyl (C=O) groups excluding carboxylic acids is 1. The summed E-state index contributed by atoms with van der Waals surface area (Å²) in [6.45, 7) is 0. The van der Waals surface area contributed by atoms with Gasteiger partial charge in [-0.3, -0.25) is 4.79 Å². The molecule has 3 aromatic rings. The van der Waals surface area contributed by atoms with Gasteiger partial charge in [-0.15, -0.1) is 10.2 Å². The maximum Gasteiger partial charge on any atom is 0.238 e. The van der Waals surface area contributed by atoms with Gasteiger partial charge in [0.1, 0.15) is 16.8 Å². The summed E-state index contributed by atoms with van der Waals surface area (Å²) >= 11 is 1.31. The number of hydrogen-bond acceptors (Lipinski definition) is 5. The molecule has 4 rings (SSSR count). The van der Waals surface area contributed by atoms with Crippen molar-refractivity contribution in [1.82, 2.24) is 20.1 Å². The quantitative estimate of drug-likeness (QED) is 0.599. The summed E-state index contributed by atoms with van der Waals surface area (Å²) < 4.78 is 20.4. The monoisotopic (exact) mass is 412 g/mol. The number of rotatable bonds is 7. The molecule has 1 aliphatic carbocycles. The van der Waals surface area contributed by atoms with E-state index in [1.807, 2.05) is 35.9 Å². The van der Waals surface area contributed by atoms with Gasteiger partial charge >= 0.3 is 0 Å². The van der Waals surface area contributed by atoms with E-state index >= 15 is 0 Å². The van der Waals surface area contributed by atoms with Gasteiger partial charge in [0.15, 0.2) is 11.0 Å². The fraction of sp³-hybridized carbons (Fsp3) is 0.286. The number of methoxy groups -OCH3 is 1. The van der Waals surface area contributed by atoms with Crippen LogP contribution in [0, 0.1) is 5.82 Å². The number of ether oxygens (including phenoxy) is 1. The number of amides is 1. The van der Waals surface area contributed by atoms with Crippen molar-refractivity contribution in [3.8, 4) is 17.1 Å². The number of thioether (sulfide) groups is 1. The van der Waals surface area contributed by atoms with E-state index in [2.05, 4.69) is 15.5 Å². The molecule has 1 aromatic heterocycles. The molecule has 1 atom stereocenters. The van der Waals surface area contributed by atoms with Crippen molar-refractivity contribution in [3.05, 3.63) is 59.9 Å². The summed E-state index contributed by atoms with van der Waals surface area (Å²) in [6, 6.07) is 13.8. The minimum absolute atomic E-state index is 0.0990. The lowest BCUT2D eigenvalue weighted by molar-refractivity contribution is -0.120. The molecule has 1 saturated carbocycles. The van der Waals surface area contributed by atoms with E-state index in [0.29, 0.717) is 11.0 Å². The third-order valence-corrected chi connectivity index (χ3v) is 6.03. The van der Waals surface area contributed by atoms with Gasteiger partial charge in [-0.25, -0.2) is 4.39 Å². The van der Waals surface area contributed by atoms with E-state index < -0.39 is 5.25 Å². The van der Waals surface area contributed by atoms with Crippen molar-refractivity contribution in [1.29, 1.82) is 0 Å². The van der Waals surface area contributed by atoms with Crippen LogP contribution in [0.5, 0.6) is 5.75 Å². The lowest BCUT2D eigenvalue weighted by Crippen LogP contribution is -2.29. The van der Waals surface area contributed by atoms with E-state index in [-0.39, 0.29) is 17.8 Å². The molecule has 0 saturated heterocycles. The molecule has 1 amide bonds. The lowest BCUT2D eigenvalue weighted by atomic mass is 10.1. The number of benzene rings is 2. The molecule has 0 spiro atoms. The van der Waals surface area contributed by atoms with Crippen LogP contribution in [0.1, 0.15) is 23.7 Å². The maximum absolute atomic E-state index is 13.4. The molecular formula is C21H21FN4O2S. The van der Waals surface area contributed by atoms with Crippen molar-refractivity contribution in [2.24, 2.45) is 7.05 Å². The second kappa shape index (κ2) is 8.24. The first kappa shape index (κ1) is 19.4. The Morgan fingerprint density at radius 3 is 2.48 bits per heavy atom. The average Bonchev–Trinajstić information content (AvgIpc) is 3.48.